The molecule has 0 spiro atoms. The summed E-state index contributed by atoms with van der Waals surface area (Å²) in [7, 11) is 0. The lowest BCUT2D eigenvalue weighted by atomic mass is 9.76. The van der Waals surface area contributed by atoms with Crippen molar-refractivity contribution in [2.75, 3.05) is 25.0 Å². The van der Waals surface area contributed by atoms with Crippen molar-refractivity contribution in [2.24, 2.45) is 4.99 Å². The lowest BCUT2D eigenvalue weighted by molar-refractivity contribution is 0.00364. The molecular weight excluding hydrogens is 552 g/mol. The Bertz CT molecular complexity index is 1670. The number of nitrogens with one attached hydrogen (secondary N) is 1. The van der Waals surface area contributed by atoms with Gasteiger partial charge in [-0.15, -0.1) is 12.4 Å². The van der Waals surface area contributed by atoms with E-state index in [0.29, 0.717) is 5.54 Å². The summed E-state index contributed by atoms with van der Waals surface area (Å²) in [6.45, 7) is 3.42. The highest BCUT2D eigenvalue weighted by Gasteiger charge is 2.39. The number of hydrogen-bond acceptors (Lipinski definition) is 5. The molecule has 2 fully saturated rings. The van der Waals surface area contributed by atoms with Gasteiger partial charge in [0.1, 0.15) is 0 Å². The van der Waals surface area contributed by atoms with Gasteiger partial charge in [0, 0.05) is 24.0 Å². The van der Waals surface area contributed by atoms with Crippen LogP contribution in [0, 0.1) is 0 Å². The van der Waals surface area contributed by atoms with E-state index in [1.807, 2.05) is 18.3 Å². The van der Waals surface area contributed by atoms with Crippen molar-refractivity contribution in [2.45, 2.75) is 63.3 Å². The summed E-state index contributed by atoms with van der Waals surface area (Å²) in [5.74, 6) is 0. The van der Waals surface area contributed by atoms with Crippen LogP contribution in [0.2, 0.25) is 0 Å². The standard InChI is InChI=1S/C36H40N6.ClH/c1-2-14-29(15-3-1)42-34-17-5-4-16-30(34)40-33-25-32(39-28-13-12-21-37-27-28)31(26-35(33)42)38-22-9-6-18-36-19-7-10-23-41(36)24-11-8-20-36;/h1-5,12-17,21,25-27,39H,6-11,18-20,22-24H2;1H. The van der Waals surface area contributed by atoms with Gasteiger partial charge in [-0.25, -0.2) is 4.98 Å². The minimum absolute atomic E-state index is 0. The smallest absolute Gasteiger partial charge is 0.0900 e. The number of anilines is 2. The van der Waals surface area contributed by atoms with Crippen LogP contribution in [0.4, 0.5) is 11.4 Å². The highest BCUT2D eigenvalue weighted by atomic mass is 35.5. The number of nitrogens with zero attached hydrogens (tertiary/aromatic N) is 5. The van der Waals surface area contributed by atoms with Crippen molar-refractivity contribution >= 4 is 34.8 Å². The Morgan fingerprint density at radius 1 is 0.837 bits per heavy atom. The third-order valence-corrected chi connectivity index (χ3v) is 9.30. The SMILES string of the molecule is Cl.c1ccc(-n2c3cc(=NCCCCC45CCCCN4CCCC5)c(Nc4cccnc4)cc-3nc3ccccc32)cc1. The van der Waals surface area contributed by atoms with E-state index in [9.17, 15) is 0 Å². The van der Waals surface area contributed by atoms with E-state index >= 15 is 0 Å². The summed E-state index contributed by atoms with van der Waals surface area (Å²) >= 11 is 0. The monoisotopic (exact) mass is 592 g/mol. The largest absolute Gasteiger partial charge is 0.352 e. The molecule has 222 valence electrons. The van der Waals surface area contributed by atoms with Crippen molar-refractivity contribution in [3.8, 4) is 17.1 Å². The molecule has 3 aliphatic heterocycles. The summed E-state index contributed by atoms with van der Waals surface area (Å²) in [5, 5.41) is 4.55. The first-order chi connectivity index (χ1) is 20.8. The normalized spacial score (nSPS) is 17.0. The van der Waals surface area contributed by atoms with Crippen LogP contribution in [0.1, 0.15) is 57.8 Å². The third-order valence-electron chi connectivity index (χ3n) is 9.30. The van der Waals surface area contributed by atoms with Crippen molar-refractivity contribution in [3.63, 3.8) is 0 Å². The number of hydrogen-bond donors (Lipinski definition) is 1. The Morgan fingerprint density at radius 2 is 1.63 bits per heavy atom. The van der Waals surface area contributed by atoms with Gasteiger partial charge in [0.2, 0.25) is 0 Å². The molecular formula is C36H41ClN6. The quantitative estimate of drug-likeness (QED) is 0.146. The zero-order valence-corrected chi connectivity index (χ0v) is 25.6. The zero-order chi connectivity index (χ0) is 28.2. The molecule has 4 aliphatic rings. The number of para-hydroxylation sites is 3. The fraction of sp³-hybridized carbons (Fsp3) is 0.361. The predicted molar refractivity (Wildman–Crippen MR) is 179 cm³/mol. The molecule has 43 heavy (non-hydrogen) atoms. The van der Waals surface area contributed by atoms with Gasteiger partial charge in [-0.05, 0) is 107 Å². The molecule has 1 N–H and O–H groups in total. The highest BCUT2D eigenvalue weighted by Crippen LogP contribution is 2.40. The fourth-order valence-electron chi connectivity index (χ4n) is 7.23. The number of piperidine rings is 2. The second kappa shape index (κ2) is 13.3. The third kappa shape index (κ3) is 6.17. The Kier molecular flexibility index (Phi) is 9.06. The molecule has 0 radical (unpaired) electrons. The molecule has 0 bridgehead atoms. The molecule has 1 aromatic heterocycles. The summed E-state index contributed by atoms with van der Waals surface area (Å²) in [4.78, 5) is 17.4. The van der Waals surface area contributed by atoms with Crippen LogP contribution < -0.4 is 10.7 Å². The number of benzene rings is 3. The van der Waals surface area contributed by atoms with Crippen molar-refractivity contribution in [1.29, 1.82) is 0 Å². The van der Waals surface area contributed by atoms with Gasteiger partial charge in [0.25, 0.3) is 0 Å². The first-order valence-electron chi connectivity index (χ1n) is 15.7. The molecule has 2 saturated heterocycles. The molecule has 3 aromatic rings. The number of halogens is 1. The van der Waals surface area contributed by atoms with E-state index in [-0.39, 0.29) is 12.4 Å². The summed E-state index contributed by atoms with van der Waals surface area (Å²) in [6, 6.07) is 27.3. The number of pyridine rings is 1. The minimum Gasteiger partial charge on any atom is -0.352 e. The Morgan fingerprint density at radius 3 is 2.42 bits per heavy atom. The average Bonchev–Trinajstić information content (AvgIpc) is 3.04. The van der Waals surface area contributed by atoms with E-state index in [4.69, 9.17) is 9.98 Å². The summed E-state index contributed by atoms with van der Waals surface area (Å²) in [6.07, 6.45) is 15.6. The molecule has 4 heterocycles. The van der Waals surface area contributed by atoms with E-state index < -0.39 is 0 Å². The topological polar surface area (TPSA) is 58.3 Å². The van der Waals surface area contributed by atoms with Crippen molar-refractivity contribution < 1.29 is 0 Å². The zero-order valence-electron chi connectivity index (χ0n) is 24.8. The van der Waals surface area contributed by atoms with Gasteiger partial charge in [-0.2, -0.15) is 0 Å². The first-order valence-corrected chi connectivity index (χ1v) is 15.7. The van der Waals surface area contributed by atoms with Crippen molar-refractivity contribution in [3.05, 3.63) is 96.6 Å². The fourth-order valence-corrected chi connectivity index (χ4v) is 7.23. The molecule has 7 rings (SSSR count). The minimum atomic E-state index is 0. The number of unbranched alkanes of at least 4 members (excludes halogenated alkanes) is 1. The van der Waals surface area contributed by atoms with E-state index in [1.165, 1.54) is 64.5 Å². The number of aromatic nitrogens is 3. The van der Waals surface area contributed by atoms with Gasteiger partial charge in [-0.1, -0.05) is 43.2 Å². The van der Waals surface area contributed by atoms with Gasteiger partial charge in [0.15, 0.2) is 0 Å². The maximum atomic E-state index is 5.21. The van der Waals surface area contributed by atoms with Gasteiger partial charge >= 0.3 is 0 Å². The lowest BCUT2D eigenvalue weighted by Crippen LogP contribution is -2.54. The Hall–Kier alpha value is -3.74. The highest BCUT2D eigenvalue weighted by molar-refractivity contribution is 5.85. The second-order valence-electron chi connectivity index (χ2n) is 12.0. The molecule has 7 heteroatoms. The number of fused-ring (bicyclic) bond motifs is 3. The molecule has 0 saturated carbocycles. The first kappa shape index (κ1) is 29.3. The van der Waals surface area contributed by atoms with Crippen LogP contribution in [0.25, 0.3) is 28.1 Å². The molecule has 2 aromatic carbocycles. The van der Waals surface area contributed by atoms with Crippen LogP contribution in [0.15, 0.2) is 96.2 Å². The van der Waals surface area contributed by atoms with E-state index in [1.54, 1.807) is 6.20 Å². The van der Waals surface area contributed by atoms with Crippen LogP contribution in [0.5, 0.6) is 0 Å². The van der Waals surface area contributed by atoms with Crippen LogP contribution in [-0.4, -0.2) is 44.6 Å². The van der Waals surface area contributed by atoms with Crippen LogP contribution in [-0.2, 0) is 0 Å². The van der Waals surface area contributed by atoms with Crippen molar-refractivity contribution in [1.82, 2.24) is 19.4 Å². The molecule has 0 amide bonds. The van der Waals surface area contributed by atoms with Crippen LogP contribution in [0.3, 0.4) is 0 Å². The molecule has 6 nitrogen and oxygen atoms in total. The van der Waals surface area contributed by atoms with E-state index in [0.717, 1.165) is 57.8 Å². The molecule has 0 atom stereocenters. The lowest BCUT2D eigenvalue weighted by Gasteiger charge is -2.51. The number of rotatable bonds is 8. The van der Waals surface area contributed by atoms with Gasteiger partial charge in [-0.3, -0.25) is 14.9 Å². The molecule has 1 aliphatic carbocycles. The second-order valence-corrected chi connectivity index (χ2v) is 12.0. The van der Waals surface area contributed by atoms with Gasteiger partial charge in [0.05, 0.1) is 45.4 Å². The maximum absolute atomic E-state index is 5.21. The molecule has 0 unspecified atom stereocenters. The van der Waals surface area contributed by atoms with Gasteiger partial charge < -0.3 is 9.88 Å². The summed E-state index contributed by atoms with van der Waals surface area (Å²) in [5.41, 5.74) is 7.50. The Labute approximate surface area is 260 Å². The van der Waals surface area contributed by atoms with E-state index in [2.05, 4.69) is 86.5 Å². The predicted octanol–water partition coefficient (Wildman–Crippen LogP) is 8.17. The Balaban J connectivity index is 0.00000329. The van der Waals surface area contributed by atoms with Crippen LogP contribution >= 0.6 is 12.4 Å². The summed E-state index contributed by atoms with van der Waals surface area (Å²) < 4.78 is 2.31. The average molecular weight is 593 g/mol. The maximum Gasteiger partial charge on any atom is 0.0900 e.